The van der Waals surface area contributed by atoms with Crippen LogP contribution >= 0.6 is 11.3 Å². The molecule has 1 N–H and O–H groups in total. The van der Waals surface area contributed by atoms with Gasteiger partial charge in [0.1, 0.15) is 22.4 Å². The number of amides is 1. The van der Waals surface area contributed by atoms with E-state index in [1.807, 2.05) is 50.5 Å². The van der Waals surface area contributed by atoms with Crippen molar-refractivity contribution in [3.63, 3.8) is 0 Å². The number of anilines is 1. The lowest BCUT2D eigenvalue weighted by molar-refractivity contribution is -0.112. The molecule has 4 rings (SSSR count). The van der Waals surface area contributed by atoms with E-state index in [4.69, 9.17) is 9.47 Å². The van der Waals surface area contributed by atoms with Gasteiger partial charge in [-0.15, -0.1) is 11.3 Å². The molecule has 8 heteroatoms. The highest BCUT2D eigenvalue weighted by Crippen LogP contribution is 2.39. The smallest absolute Gasteiger partial charge is 0.341 e. The summed E-state index contributed by atoms with van der Waals surface area (Å²) in [6, 6.07) is 11.0. The zero-order valence-corrected chi connectivity index (χ0v) is 22.5. The fourth-order valence-electron chi connectivity index (χ4n) is 4.70. The first-order chi connectivity index (χ1) is 17.9. The van der Waals surface area contributed by atoms with Gasteiger partial charge in [-0.25, -0.2) is 4.79 Å². The number of benzene rings is 1. The van der Waals surface area contributed by atoms with E-state index in [0.29, 0.717) is 30.2 Å². The van der Waals surface area contributed by atoms with Crippen LogP contribution in [0.1, 0.15) is 64.4 Å². The van der Waals surface area contributed by atoms with Gasteiger partial charge in [-0.3, -0.25) is 4.79 Å². The number of aryl methyl sites for hydroxylation is 2. The molecule has 0 aliphatic heterocycles. The minimum atomic E-state index is -0.500. The maximum Gasteiger partial charge on any atom is 0.341 e. The molecule has 0 saturated carbocycles. The lowest BCUT2D eigenvalue weighted by Gasteiger charge is -2.13. The summed E-state index contributed by atoms with van der Waals surface area (Å²) in [4.78, 5) is 27.2. The van der Waals surface area contributed by atoms with Gasteiger partial charge in [-0.1, -0.05) is 6.07 Å². The van der Waals surface area contributed by atoms with Crippen molar-refractivity contribution in [1.82, 2.24) is 4.57 Å². The minimum Gasteiger partial charge on any atom is -0.494 e. The normalized spacial score (nSPS) is 13.0. The predicted octanol–water partition coefficient (Wildman–Crippen LogP) is 6.16. The average molecular weight is 518 g/mol. The highest BCUT2D eigenvalue weighted by Gasteiger charge is 2.28. The summed E-state index contributed by atoms with van der Waals surface area (Å²) in [7, 11) is 0. The lowest BCUT2D eigenvalue weighted by Crippen LogP contribution is -2.13. The number of hydrogen-bond donors (Lipinski definition) is 1. The molecule has 1 aliphatic rings. The third-order valence-corrected chi connectivity index (χ3v) is 7.65. The third kappa shape index (κ3) is 5.47. The second-order valence-electron chi connectivity index (χ2n) is 8.86. The molecule has 2 heterocycles. The number of carbonyl (C=O) groups is 2. The van der Waals surface area contributed by atoms with Crippen LogP contribution in [-0.2, 0) is 22.4 Å². The summed E-state index contributed by atoms with van der Waals surface area (Å²) in [5, 5.41) is 13.4. The number of rotatable bonds is 8. The molecular formula is C29H31N3O4S. The van der Waals surface area contributed by atoms with Crippen molar-refractivity contribution in [3.05, 3.63) is 68.9 Å². The van der Waals surface area contributed by atoms with Crippen molar-refractivity contribution in [2.45, 2.75) is 53.4 Å². The van der Waals surface area contributed by atoms with Gasteiger partial charge in [-0.05, 0) is 88.8 Å². The number of ether oxygens (including phenoxy) is 2. The van der Waals surface area contributed by atoms with Gasteiger partial charge in [0.25, 0.3) is 5.91 Å². The highest BCUT2D eigenvalue weighted by atomic mass is 32.1. The number of carbonyl (C=O) groups excluding carboxylic acids is 2. The molecule has 1 aromatic carbocycles. The lowest BCUT2D eigenvalue weighted by atomic mass is 9.95. The summed E-state index contributed by atoms with van der Waals surface area (Å²) in [6.07, 6.45) is 5.59. The second kappa shape index (κ2) is 11.5. The first-order valence-electron chi connectivity index (χ1n) is 12.5. The highest BCUT2D eigenvalue weighted by molar-refractivity contribution is 7.15. The van der Waals surface area contributed by atoms with Crippen LogP contribution in [0.3, 0.4) is 0 Å². The predicted molar refractivity (Wildman–Crippen MR) is 146 cm³/mol. The quantitative estimate of drug-likeness (QED) is 0.220. The molecule has 192 valence electrons. The number of fused-ring (bicyclic) bond motifs is 1. The van der Waals surface area contributed by atoms with Gasteiger partial charge in [0.2, 0.25) is 0 Å². The molecule has 0 atom stereocenters. The number of thiophene rings is 1. The van der Waals surface area contributed by atoms with E-state index < -0.39 is 5.91 Å². The number of nitrogens with one attached hydrogen (secondary N) is 1. The Kier molecular flexibility index (Phi) is 8.14. The summed E-state index contributed by atoms with van der Waals surface area (Å²) in [5.41, 5.74) is 4.78. The zero-order valence-electron chi connectivity index (χ0n) is 21.6. The number of aromatic nitrogens is 1. The number of hydrogen-bond acceptors (Lipinski definition) is 6. The molecule has 2 aromatic heterocycles. The van der Waals surface area contributed by atoms with Crippen LogP contribution in [0.25, 0.3) is 11.1 Å². The summed E-state index contributed by atoms with van der Waals surface area (Å²) < 4.78 is 13.0. The molecule has 0 fully saturated rings. The van der Waals surface area contributed by atoms with Crippen LogP contribution in [0, 0.1) is 25.2 Å². The van der Waals surface area contributed by atoms with E-state index >= 15 is 0 Å². The Morgan fingerprint density at radius 1 is 1.16 bits per heavy atom. The Bertz CT molecular complexity index is 1410. The number of nitrogens with zero attached hydrogens (tertiary/aromatic N) is 2. The molecular weight excluding hydrogens is 486 g/mol. The Hall–Kier alpha value is -3.83. The van der Waals surface area contributed by atoms with Crippen LogP contribution < -0.4 is 10.1 Å². The largest absolute Gasteiger partial charge is 0.494 e. The Morgan fingerprint density at radius 3 is 2.68 bits per heavy atom. The summed E-state index contributed by atoms with van der Waals surface area (Å²) in [6.45, 7) is 8.43. The van der Waals surface area contributed by atoms with E-state index in [-0.39, 0.29) is 11.5 Å². The van der Waals surface area contributed by atoms with Crippen molar-refractivity contribution in [2.24, 2.45) is 0 Å². The first-order valence-corrected chi connectivity index (χ1v) is 13.4. The van der Waals surface area contributed by atoms with E-state index in [0.717, 1.165) is 53.2 Å². The van der Waals surface area contributed by atoms with Gasteiger partial charge in [0.15, 0.2) is 0 Å². The maximum atomic E-state index is 13.0. The molecule has 1 aliphatic carbocycles. The van der Waals surface area contributed by atoms with Crippen molar-refractivity contribution < 1.29 is 19.1 Å². The SMILES string of the molecule is CCOC(=O)c1c(-n2c(C)cc(C=C(C#N)C(=O)Nc3cccc(OCC)c3)c2C)sc2c1CCCC2. The molecule has 0 saturated heterocycles. The van der Waals surface area contributed by atoms with Crippen molar-refractivity contribution in [3.8, 4) is 16.8 Å². The molecule has 0 spiro atoms. The van der Waals surface area contributed by atoms with Crippen LogP contribution in [0.15, 0.2) is 35.9 Å². The molecule has 1 amide bonds. The van der Waals surface area contributed by atoms with Crippen LogP contribution in [-0.4, -0.2) is 29.7 Å². The number of esters is 1. The zero-order chi connectivity index (χ0) is 26.5. The monoisotopic (exact) mass is 517 g/mol. The maximum absolute atomic E-state index is 13.0. The summed E-state index contributed by atoms with van der Waals surface area (Å²) in [5.74, 6) is -0.157. The Morgan fingerprint density at radius 2 is 1.95 bits per heavy atom. The molecule has 0 unspecified atom stereocenters. The molecule has 0 radical (unpaired) electrons. The van der Waals surface area contributed by atoms with Crippen molar-refractivity contribution in [2.75, 3.05) is 18.5 Å². The molecule has 0 bridgehead atoms. The van der Waals surface area contributed by atoms with Gasteiger partial charge in [0.05, 0.1) is 18.8 Å². The van der Waals surface area contributed by atoms with Gasteiger partial charge >= 0.3 is 5.97 Å². The van der Waals surface area contributed by atoms with E-state index in [1.54, 1.807) is 35.6 Å². The van der Waals surface area contributed by atoms with E-state index in [9.17, 15) is 14.9 Å². The minimum absolute atomic E-state index is 0.0156. The fourth-order valence-corrected chi connectivity index (χ4v) is 6.19. The van der Waals surface area contributed by atoms with Gasteiger partial charge < -0.3 is 19.4 Å². The molecule has 37 heavy (non-hydrogen) atoms. The van der Waals surface area contributed by atoms with E-state index in [2.05, 4.69) is 5.32 Å². The standard InChI is InChI=1S/C29H31N3O4S/c1-5-35-23-11-9-10-22(16-23)31-27(33)21(17-30)15-20-14-18(3)32(19(20)4)28-26(29(34)36-6-2)24-12-7-8-13-25(24)37-28/h9-11,14-16H,5-8,12-13H2,1-4H3,(H,31,33). The Labute approximate surface area is 221 Å². The van der Waals surface area contributed by atoms with E-state index in [1.165, 1.54) is 4.88 Å². The van der Waals surface area contributed by atoms with Gasteiger partial charge in [0, 0.05) is 28.0 Å². The van der Waals surface area contributed by atoms with Crippen LogP contribution in [0.5, 0.6) is 5.75 Å². The molecule has 7 nitrogen and oxygen atoms in total. The van der Waals surface area contributed by atoms with Crippen LogP contribution in [0.2, 0.25) is 0 Å². The van der Waals surface area contributed by atoms with Crippen molar-refractivity contribution in [1.29, 1.82) is 5.26 Å². The molecule has 3 aromatic rings. The second-order valence-corrected chi connectivity index (χ2v) is 9.94. The first kappa shape index (κ1) is 26.2. The summed E-state index contributed by atoms with van der Waals surface area (Å²) >= 11 is 1.63. The van der Waals surface area contributed by atoms with Gasteiger partial charge in [-0.2, -0.15) is 5.26 Å². The Balaban J connectivity index is 1.70. The average Bonchev–Trinajstić information content (AvgIpc) is 3.38. The van der Waals surface area contributed by atoms with Crippen LogP contribution in [0.4, 0.5) is 5.69 Å². The topological polar surface area (TPSA) is 93.4 Å². The number of nitriles is 1. The van der Waals surface area contributed by atoms with Crippen molar-refractivity contribution >= 4 is 35.0 Å². The third-order valence-electron chi connectivity index (χ3n) is 6.37. The fraction of sp³-hybridized carbons (Fsp3) is 0.345.